The van der Waals surface area contributed by atoms with Crippen LogP contribution in [0.15, 0.2) is 48.9 Å². The van der Waals surface area contributed by atoms with Gasteiger partial charge in [-0.15, -0.1) is 0 Å². The first-order valence-corrected chi connectivity index (χ1v) is 14.8. The summed E-state index contributed by atoms with van der Waals surface area (Å²) in [7, 11) is 0. The zero-order valence-electron chi connectivity index (χ0n) is 21.7. The number of halogens is 3. The predicted molar refractivity (Wildman–Crippen MR) is 144 cm³/mol. The summed E-state index contributed by atoms with van der Waals surface area (Å²) in [6, 6.07) is 12.1. The van der Waals surface area contributed by atoms with Crippen LogP contribution in [-0.2, 0) is 11.3 Å². The summed E-state index contributed by atoms with van der Waals surface area (Å²) in [5.74, 6) is -0.533. The molecule has 1 aromatic carbocycles. The number of nitrogens with zero attached hydrogens (tertiary/aromatic N) is 6. The number of hydrogen-bond donors (Lipinski definition) is 1. The molecule has 3 aromatic heterocycles. The van der Waals surface area contributed by atoms with Gasteiger partial charge in [-0.2, -0.15) is 0 Å². The molecule has 5 rings (SSSR count). The number of amides is 1. The van der Waals surface area contributed by atoms with Gasteiger partial charge in [0.2, 0.25) is 0 Å². The quantitative estimate of drug-likeness (QED) is 0.329. The van der Waals surface area contributed by atoms with Crippen molar-refractivity contribution in [2.24, 2.45) is 0 Å². The van der Waals surface area contributed by atoms with Gasteiger partial charge in [0, 0.05) is 0 Å². The summed E-state index contributed by atoms with van der Waals surface area (Å²) in [5, 5.41) is 0. The Bertz CT molecular complexity index is 1470. The van der Waals surface area contributed by atoms with Crippen molar-refractivity contribution in [2.45, 2.75) is 38.9 Å². The van der Waals surface area contributed by atoms with Gasteiger partial charge >= 0.3 is 231 Å². The number of aromatic nitrogens is 5. The van der Waals surface area contributed by atoms with Gasteiger partial charge in [-0.25, -0.2) is 0 Å². The first-order chi connectivity index (χ1) is 18.6. The SMILES string of the molecule is CC(C)c1cc(-c2ccc3nc([AsH]c4cc(CN5CCN(C(=O)CC(F)(F)F)CC5)ccn4)[nH]c3c2)ncn1. The number of piperazine rings is 1. The van der Waals surface area contributed by atoms with Crippen LogP contribution >= 0.6 is 0 Å². The number of fused-ring (bicyclic) bond motifs is 1. The molecule has 1 atom stereocenters. The van der Waals surface area contributed by atoms with Crippen molar-refractivity contribution in [3.63, 3.8) is 0 Å². The number of H-pyrrole nitrogens is 1. The molecule has 8 nitrogen and oxygen atoms in total. The Labute approximate surface area is 230 Å². The van der Waals surface area contributed by atoms with Crippen LogP contribution in [0.5, 0.6) is 0 Å². The fraction of sp³-hybridized carbons (Fsp3) is 0.370. The van der Waals surface area contributed by atoms with Crippen molar-refractivity contribution in [3.05, 3.63) is 60.2 Å². The molecule has 0 spiro atoms. The van der Waals surface area contributed by atoms with Gasteiger partial charge in [0.15, 0.2) is 0 Å². The average molecular weight is 599 g/mol. The molecule has 12 heteroatoms. The molecule has 0 bridgehead atoms. The van der Waals surface area contributed by atoms with E-state index in [1.165, 1.54) is 4.90 Å². The number of benzene rings is 1. The van der Waals surface area contributed by atoms with E-state index in [0.717, 1.165) is 42.6 Å². The third kappa shape index (κ3) is 7.02. The van der Waals surface area contributed by atoms with E-state index in [2.05, 4.69) is 50.8 Å². The van der Waals surface area contributed by atoms with Crippen molar-refractivity contribution >= 4 is 41.8 Å². The third-order valence-electron chi connectivity index (χ3n) is 6.61. The number of carbonyl (C=O) groups is 1. The Kier molecular flexibility index (Phi) is 8.00. The molecule has 1 aliphatic heterocycles. The Morgan fingerprint density at radius 3 is 2.59 bits per heavy atom. The number of carbonyl (C=O) groups excluding carboxylic acids is 1. The predicted octanol–water partition coefficient (Wildman–Crippen LogP) is 2.52. The summed E-state index contributed by atoms with van der Waals surface area (Å²) in [4.78, 5) is 36.9. The molecule has 0 aliphatic carbocycles. The van der Waals surface area contributed by atoms with Crippen LogP contribution in [0.4, 0.5) is 13.2 Å². The van der Waals surface area contributed by atoms with Crippen LogP contribution < -0.4 is 9.09 Å². The van der Waals surface area contributed by atoms with Crippen LogP contribution in [0.25, 0.3) is 22.3 Å². The normalized spacial score (nSPS) is 15.2. The van der Waals surface area contributed by atoms with Crippen LogP contribution in [0.3, 0.4) is 0 Å². The molecule has 1 saturated heterocycles. The topological polar surface area (TPSA) is 90.9 Å². The molecule has 0 saturated carbocycles. The molecule has 4 aromatic rings. The molecular weight excluding hydrogens is 570 g/mol. The molecule has 1 aliphatic rings. The summed E-state index contributed by atoms with van der Waals surface area (Å²) >= 11 is -0.813. The number of pyridine rings is 1. The summed E-state index contributed by atoms with van der Waals surface area (Å²) in [6.07, 6.45) is -2.47. The molecule has 204 valence electrons. The van der Waals surface area contributed by atoms with Gasteiger partial charge in [-0.3, -0.25) is 0 Å². The molecule has 1 unspecified atom stereocenters. The van der Waals surface area contributed by atoms with E-state index in [1.54, 1.807) is 12.5 Å². The standard InChI is InChI=1S/C27H29AsF3N7O/c1-17(2)21-13-22(34-16-33-21)19-3-4-20-23(12-19)36-26(35-20)28-24-11-18(5-6-32-24)15-37-7-9-38(10-8-37)25(39)14-27(29,30)31/h3-6,11-13,16-17,28H,7-10,14-15H2,1-2H3,(H,35,36). The Morgan fingerprint density at radius 2 is 1.85 bits per heavy atom. The minimum atomic E-state index is -4.47. The van der Waals surface area contributed by atoms with Gasteiger partial charge in [-0.05, 0) is 0 Å². The summed E-state index contributed by atoms with van der Waals surface area (Å²) < 4.78 is 39.5. The molecule has 39 heavy (non-hydrogen) atoms. The zero-order chi connectivity index (χ0) is 27.6. The van der Waals surface area contributed by atoms with Crippen molar-refractivity contribution in [1.82, 2.24) is 34.7 Å². The molecular formula is C27H29AsF3N7O. The first-order valence-electron chi connectivity index (χ1n) is 12.7. The average Bonchev–Trinajstić information content (AvgIpc) is 3.30. The van der Waals surface area contributed by atoms with E-state index in [0.29, 0.717) is 38.6 Å². The third-order valence-corrected chi connectivity index (χ3v) is 8.72. The van der Waals surface area contributed by atoms with Gasteiger partial charge in [0.05, 0.1) is 0 Å². The number of hydrogen-bond acceptors (Lipinski definition) is 6. The van der Waals surface area contributed by atoms with Gasteiger partial charge in [0.25, 0.3) is 0 Å². The van der Waals surface area contributed by atoms with Crippen LogP contribution in [-0.4, -0.2) is 88.7 Å². The maximum atomic E-state index is 12.5. The van der Waals surface area contributed by atoms with Crippen molar-refractivity contribution in [3.8, 4) is 11.3 Å². The number of nitrogens with one attached hydrogen (secondary N) is 1. The minimum absolute atomic E-state index is 0.301. The van der Waals surface area contributed by atoms with Crippen molar-refractivity contribution in [1.29, 1.82) is 0 Å². The Hall–Kier alpha value is -3.30. The number of alkyl halides is 3. The van der Waals surface area contributed by atoms with E-state index >= 15 is 0 Å². The molecule has 1 N–H and O–H groups in total. The number of aromatic amines is 1. The Morgan fingerprint density at radius 1 is 1.05 bits per heavy atom. The maximum absolute atomic E-state index is 12.5. The fourth-order valence-corrected chi connectivity index (χ4v) is 6.66. The molecule has 1 amide bonds. The van der Waals surface area contributed by atoms with Crippen LogP contribution in [0.2, 0.25) is 0 Å². The molecule has 4 heterocycles. The number of imidazole rings is 1. The van der Waals surface area contributed by atoms with Gasteiger partial charge < -0.3 is 0 Å². The summed E-state index contributed by atoms with van der Waals surface area (Å²) in [6.45, 7) is 6.54. The molecule has 1 fully saturated rings. The van der Waals surface area contributed by atoms with E-state index < -0.39 is 34.3 Å². The monoisotopic (exact) mass is 599 g/mol. The van der Waals surface area contributed by atoms with Gasteiger partial charge in [0.1, 0.15) is 0 Å². The fourth-order valence-electron chi connectivity index (χ4n) is 4.53. The second-order valence-electron chi connectivity index (χ2n) is 9.92. The van der Waals surface area contributed by atoms with E-state index in [1.807, 2.05) is 24.3 Å². The van der Waals surface area contributed by atoms with E-state index in [9.17, 15) is 18.0 Å². The van der Waals surface area contributed by atoms with Crippen molar-refractivity contribution in [2.75, 3.05) is 26.2 Å². The molecule has 0 radical (unpaired) electrons. The van der Waals surface area contributed by atoms with Gasteiger partial charge in [-0.1, -0.05) is 0 Å². The summed E-state index contributed by atoms with van der Waals surface area (Å²) in [5.41, 5.74) is 5.81. The van der Waals surface area contributed by atoms with Crippen molar-refractivity contribution < 1.29 is 18.0 Å². The zero-order valence-corrected chi connectivity index (χ0v) is 23.8. The van der Waals surface area contributed by atoms with Crippen LogP contribution in [0, 0.1) is 0 Å². The van der Waals surface area contributed by atoms with E-state index in [4.69, 9.17) is 4.98 Å². The van der Waals surface area contributed by atoms with Crippen LogP contribution in [0.1, 0.15) is 37.4 Å². The second kappa shape index (κ2) is 11.4. The second-order valence-corrected chi connectivity index (χ2v) is 12.5. The van der Waals surface area contributed by atoms with E-state index in [-0.39, 0.29) is 0 Å². The first kappa shape index (κ1) is 27.3. The number of rotatable bonds is 7. The Balaban J connectivity index is 1.22.